The summed E-state index contributed by atoms with van der Waals surface area (Å²) < 4.78 is 28.8. The quantitative estimate of drug-likeness (QED) is 0.522. The van der Waals surface area contributed by atoms with Gasteiger partial charge < -0.3 is 5.32 Å². The van der Waals surface area contributed by atoms with Crippen LogP contribution in [0.1, 0.15) is 5.69 Å². The lowest BCUT2D eigenvalue weighted by atomic mass is 10.1. The Kier molecular flexibility index (Phi) is 5.19. The third-order valence-electron chi connectivity index (χ3n) is 4.76. The molecule has 0 spiro atoms. The van der Waals surface area contributed by atoms with E-state index in [1.165, 1.54) is 37.0 Å². The summed E-state index contributed by atoms with van der Waals surface area (Å²) in [6.45, 7) is 0. The molecule has 8 nitrogen and oxygen atoms in total. The van der Waals surface area contributed by atoms with Crippen LogP contribution in [0.15, 0.2) is 45.4 Å². The van der Waals surface area contributed by atoms with Gasteiger partial charge >= 0.3 is 5.69 Å². The highest BCUT2D eigenvalue weighted by Crippen LogP contribution is 2.26. The molecule has 158 valence electrons. The molecule has 0 atom stereocenters. The number of carbonyl (C=O) groups excluding carboxylic acids is 1. The molecular weight excluding hydrogens is 428 g/mol. The van der Waals surface area contributed by atoms with Crippen molar-refractivity contribution in [2.24, 2.45) is 14.1 Å². The second-order valence-corrected chi connectivity index (χ2v) is 7.61. The monoisotopic (exact) mass is 443 g/mol. The molecule has 3 heterocycles. The highest BCUT2D eigenvalue weighted by atomic mass is 32.1. The number of fused-ring (bicyclic) bond motifs is 1. The summed E-state index contributed by atoms with van der Waals surface area (Å²) in [6, 6.07) is 4.95. The molecule has 1 N–H and O–H groups in total. The van der Waals surface area contributed by atoms with E-state index in [1.807, 2.05) is 0 Å². The first kappa shape index (κ1) is 20.5. The van der Waals surface area contributed by atoms with Crippen LogP contribution in [-0.2, 0) is 25.3 Å². The van der Waals surface area contributed by atoms with Crippen molar-refractivity contribution in [3.05, 3.63) is 74.0 Å². The van der Waals surface area contributed by atoms with Crippen LogP contribution >= 0.6 is 11.3 Å². The lowest BCUT2D eigenvalue weighted by molar-refractivity contribution is -0.115. The molecule has 0 saturated carbocycles. The SMILES string of the molecule is Cn1c(=O)c2c(CC(=O)Nc3nc(-c4ccc(F)c(F)c4)cs3)nccc2n(C)c1=O. The van der Waals surface area contributed by atoms with Crippen LogP contribution in [-0.4, -0.2) is 25.0 Å². The molecule has 0 unspecified atom stereocenters. The zero-order valence-electron chi connectivity index (χ0n) is 16.3. The van der Waals surface area contributed by atoms with E-state index in [9.17, 15) is 23.2 Å². The number of nitrogens with zero attached hydrogens (tertiary/aromatic N) is 4. The van der Waals surface area contributed by atoms with Crippen molar-refractivity contribution in [2.75, 3.05) is 5.32 Å². The average Bonchev–Trinajstić information content (AvgIpc) is 3.20. The van der Waals surface area contributed by atoms with Crippen molar-refractivity contribution in [3.8, 4) is 11.3 Å². The number of nitrogens with one attached hydrogen (secondary N) is 1. The summed E-state index contributed by atoms with van der Waals surface area (Å²) in [4.78, 5) is 45.6. The van der Waals surface area contributed by atoms with Gasteiger partial charge in [0.15, 0.2) is 16.8 Å². The predicted octanol–water partition coefficient (Wildman–Crippen LogP) is 2.22. The maximum Gasteiger partial charge on any atom is 0.330 e. The molecule has 11 heteroatoms. The molecule has 0 saturated heterocycles. The van der Waals surface area contributed by atoms with E-state index >= 15 is 0 Å². The largest absolute Gasteiger partial charge is 0.330 e. The van der Waals surface area contributed by atoms with Crippen LogP contribution in [0, 0.1) is 11.6 Å². The summed E-state index contributed by atoms with van der Waals surface area (Å²) in [5, 5.41) is 4.65. The number of carbonyl (C=O) groups is 1. The minimum absolute atomic E-state index is 0.184. The Morgan fingerprint density at radius 3 is 2.65 bits per heavy atom. The van der Waals surface area contributed by atoms with Gasteiger partial charge in [-0.25, -0.2) is 18.6 Å². The normalized spacial score (nSPS) is 11.1. The second kappa shape index (κ2) is 7.84. The molecule has 0 aliphatic rings. The highest BCUT2D eigenvalue weighted by molar-refractivity contribution is 7.14. The zero-order chi connectivity index (χ0) is 22.3. The van der Waals surface area contributed by atoms with Crippen molar-refractivity contribution in [3.63, 3.8) is 0 Å². The molecular formula is C20H15F2N5O3S. The number of halogens is 2. The predicted molar refractivity (Wildman–Crippen MR) is 112 cm³/mol. The van der Waals surface area contributed by atoms with E-state index < -0.39 is 28.8 Å². The lowest BCUT2D eigenvalue weighted by Crippen LogP contribution is -2.37. The maximum atomic E-state index is 13.4. The standard InChI is InChI=1S/C20H15F2N5O3S/c1-26-15-5-6-23-13(17(15)18(29)27(2)20(26)30)8-16(28)25-19-24-14(9-31-19)10-3-4-11(21)12(22)7-10/h3-7,9H,8H2,1-2H3,(H,24,25,28). The van der Waals surface area contributed by atoms with Crippen LogP contribution in [0.2, 0.25) is 0 Å². The number of anilines is 1. The van der Waals surface area contributed by atoms with E-state index in [4.69, 9.17) is 0 Å². The van der Waals surface area contributed by atoms with Crippen LogP contribution < -0.4 is 16.6 Å². The number of rotatable bonds is 4. The molecule has 1 amide bonds. The van der Waals surface area contributed by atoms with E-state index in [-0.39, 0.29) is 22.6 Å². The molecule has 0 bridgehead atoms. The Balaban J connectivity index is 1.60. The number of amides is 1. The van der Waals surface area contributed by atoms with Gasteiger partial charge in [0.1, 0.15) is 0 Å². The molecule has 4 aromatic rings. The number of hydrogen-bond donors (Lipinski definition) is 1. The van der Waals surface area contributed by atoms with Crippen LogP contribution in [0.3, 0.4) is 0 Å². The van der Waals surface area contributed by atoms with E-state index in [2.05, 4.69) is 15.3 Å². The van der Waals surface area contributed by atoms with Gasteiger partial charge in [0.25, 0.3) is 5.56 Å². The molecule has 0 aliphatic heterocycles. The maximum absolute atomic E-state index is 13.4. The fraction of sp³-hybridized carbons (Fsp3) is 0.150. The molecule has 4 rings (SSSR count). The number of aromatic nitrogens is 4. The number of thiazole rings is 1. The Labute approximate surface area is 177 Å². The molecule has 0 fully saturated rings. The van der Waals surface area contributed by atoms with Gasteiger partial charge in [0.2, 0.25) is 5.91 Å². The van der Waals surface area contributed by atoms with Crippen LogP contribution in [0.4, 0.5) is 13.9 Å². The Hall–Kier alpha value is -3.73. The second-order valence-electron chi connectivity index (χ2n) is 6.75. The number of benzene rings is 1. The third-order valence-corrected chi connectivity index (χ3v) is 5.51. The smallest absolute Gasteiger partial charge is 0.302 e. The van der Waals surface area contributed by atoms with E-state index in [0.29, 0.717) is 16.8 Å². The van der Waals surface area contributed by atoms with Gasteiger partial charge in [-0.05, 0) is 24.3 Å². The first-order chi connectivity index (χ1) is 14.8. The fourth-order valence-corrected chi connectivity index (χ4v) is 3.89. The summed E-state index contributed by atoms with van der Waals surface area (Å²) in [5.41, 5.74) is 0.335. The van der Waals surface area contributed by atoms with Crippen LogP contribution in [0.5, 0.6) is 0 Å². The van der Waals surface area contributed by atoms with Gasteiger partial charge in [-0.15, -0.1) is 11.3 Å². The van der Waals surface area contributed by atoms with Crippen molar-refractivity contribution in [2.45, 2.75) is 6.42 Å². The van der Waals surface area contributed by atoms with Gasteiger partial charge in [0, 0.05) is 31.2 Å². The molecule has 31 heavy (non-hydrogen) atoms. The highest BCUT2D eigenvalue weighted by Gasteiger charge is 2.17. The Morgan fingerprint density at radius 2 is 1.90 bits per heavy atom. The molecule has 0 radical (unpaired) electrons. The van der Waals surface area contributed by atoms with E-state index in [0.717, 1.165) is 28.0 Å². The summed E-state index contributed by atoms with van der Waals surface area (Å²) in [6.07, 6.45) is 1.21. The van der Waals surface area contributed by atoms with Gasteiger partial charge in [-0.1, -0.05) is 0 Å². The first-order valence-corrected chi connectivity index (χ1v) is 9.88. The summed E-state index contributed by atoms with van der Waals surface area (Å²) in [7, 11) is 2.89. The summed E-state index contributed by atoms with van der Waals surface area (Å²) >= 11 is 1.12. The van der Waals surface area contributed by atoms with Gasteiger partial charge in [-0.2, -0.15) is 0 Å². The molecule has 0 aliphatic carbocycles. The van der Waals surface area contributed by atoms with E-state index in [1.54, 1.807) is 5.38 Å². The lowest BCUT2D eigenvalue weighted by Gasteiger charge is -2.10. The number of hydrogen-bond acceptors (Lipinski definition) is 6. The number of pyridine rings is 1. The average molecular weight is 443 g/mol. The number of aryl methyl sites for hydroxylation is 1. The molecule has 1 aromatic carbocycles. The van der Waals surface area contributed by atoms with Crippen LogP contribution in [0.25, 0.3) is 22.2 Å². The Bertz CT molecular complexity index is 1460. The molecule has 3 aromatic heterocycles. The minimum atomic E-state index is -0.992. The van der Waals surface area contributed by atoms with Gasteiger partial charge in [-0.3, -0.25) is 23.7 Å². The Morgan fingerprint density at radius 1 is 1.13 bits per heavy atom. The fourth-order valence-electron chi connectivity index (χ4n) is 3.16. The first-order valence-electron chi connectivity index (χ1n) is 9.00. The van der Waals surface area contributed by atoms with Crippen molar-refractivity contribution in [1.82, 2.24) is 19.1 Å². The van der Waals surface area contributed by atoms with Crippen molar-refractivity contribution in [1.29, 1.82) is 0 Å². The van der Waals surface area contributed by atoms with Crippen molar-refractivity contribution >= 4 is 33.3 Å². The minimum Gasteiger partial charge on any atom is -0.302 e. The topological polar surface area (TPSA) is 98.9 Å². The zero-order valence-corrected chi connectivity index (χ0v) is 17.2. The third kappa shape index (κ3) is 3.75. The van der Waals surface area contributed by atoms with Gasteiger partial charge in [0.05, 0.1) is 28.7 Å². The van der Waals surface area contributed by atoms with Crippen molar-refractivity contribution < 1.29 is 13.6 Å². The summed E-state index contributed by atoms with van der Waals surface area (Å²) in [5.74, 6) is -2.42.